The third kappa shape index (κ3) is 1.24. The molecule has 0 spiro atoms. The zero-order chi connectivity index (χ0) is 11.2. The van der Waals surface area contributed by atoms with Crippen molar-refractivity contribution in [3.05, 3.63) is 38.9 Å². The number of hydrogen-bond donors (Lipinski definition) is 1. The Hall–Kier alpha value is -2.04. The Kier molecular flexibility index (Phi) is 1.89. The summed E-state index contributed by atoms with van der Waals surface area (Å²) in [6.45, 7) is 0. The first-order valence-electron chi connectivity index (χ1n) is 4.47. The normalized spacial score (nSPS) is 10.8. The maximum atomic E-state index is 11.5. The Morgan fingerprint density at radius 1 is 1.00 bits per heavy atom. The smallest absolute Gasteiger partial charge is 0.316 e. The Labute approximate surface area is 85.4 Å². The lowest BCUT2D eigenvalue weighted by molar-refractivity contribution is 0.799. The highest BCUT2D eigenvalue weighted by atomic mass is 16.2. The van der Waals surface area contributed by atoms with Gasteiger partial charge >= 0.3 is 11.1 Å². The molecule has 5 nitrogen and oxygen atoms in total. The van der Waals surface area contributed by atoms with E-state index in [4.69, 9.17) is 5.73 Å². The minimum atomic E-state index is -0.546. The molecule has 1 aromatic heterocycles. The van der Waals surface area contributed by atoms with Crippen LogP contribution in [0.2, 0.25) is 0 Å². The minimum absolute atomic E-state index is 0.533. The summed E-state index contributed by atoms with van der Waals surface area (Å²) in [5.74, 6) is 0. The summed E-state index contributed by atoms with van der Waals surface area (Å²) in [5, 5.41) is 0. The molecule has 0 aliphatic carbocycles. The molecule has 0 atom stereocenters. The number of nitrogen functional groups attached to an aromatic ring is 1. The van der Waals surface area contributed by atoms with Crippen LogP contribution in [0.3, 0.4) is 0 Å². The molecular formula is C10H11N3O2. The lowest BCUT2D eigenvalue weighted by atomic mass is 10.2. The number of nitrogens with two attached hydrogens (primary N) is 1. The Morgan fingerprint density at radius 2 is 1.53 bits per heavy atom. The van der Waals surface area contributed by atoms with Crippen LogP contribution < -0.4 is 16.9 Å². The van der Waals surface area contributed by atoms with Gasteiger partial charge in [-0.1, -0.05) is 0 Å². The van der Waals surface area contributed by atoms with Crippen LogP contribution in [0.25, 0.3) is 11.0 Å². The van der Waals surface area contributed by atoms with E-state index in [1.807, 2.05) is 0 Å². The first kappa shape index (κ1) is 9.51. The topological polar surface area (TPSA) is 70.0 Å². The quantitative estimate of drug-likeness (QED) is 0.479. The first-order valence-corrected chi connectivity index (χ1v) is 4.47. The van der Waals surface area contributed by atoms with Gasteiger partial charge < -0.3 is 14.9 Å². The van der Waals surface area contributed by atoms with Gasteiger partial charge in [-0.15, -0.1) is 0 Å². The number of hydrogen-bond acceptors (Lipinski definition) is 3. The fraction of sp³-hybridized carbons (Fsp3) is 0.200. The highest BCUT2D eigenvalue weighted by Gasteiger charge is 2.07. The van der Waals surface area contributed by atoms with E-state index in [1.54, 1.807) is 32.3 Å². The molecule has 1 heterocycles. The summed E-state index contributed by atoms with van der Waals surface area (Å²) >= 11 is 0. The van der Waals surface area contributed by atoms with Crippen LogP contribution in [-0.2, 0) is 14.1 Å². The molecule has 1 aromatic carbocycles. The van der Waals surface area contributed by atoms with Crippen molar-refractivity contribution < 1.29 is 0 Å². The van der Waals surface area contributed by atoms with Crippen molar-refractivity contribution in [1.29, 1.82) is 0 Å². The number of aryl methyl sites for hydroxylation is 2. The lowest BCUT2D eigenvalue weighted by Gasteiger charge is -2.08. The highest BCUT2D eigenvalue weighted by Crippen LogP contribution is 2.13. The summed E-state index contributed by atoms with van der Waals surface area (Å²) in [5.41, 5.74) is 6.46. The molecule has 0 aliphatic rings. The van der Waals surface area contributed by atoms with Crippen molar-refractivity contribution in [3.63, 3.8) is 0 Å². The average molecular weight is 205 g/mol. The SMILES string of the molecule is Cn1c(=O)c(=O)n(C)c2cc(N)ccc21. The van der Waals surface area contributed by atoms with Crippen LogP contribution in [0.1, 0.15) is 0 Å². The van der Waals surface area contributed by atoms with E-state index in [-0.39, 0.29) is 0 Å². The number of nitrogens with zero attached hydrogens (tertiary/aromatic N) is 2. The van der Waals surface area contributed by atoms with Gasteiger partial charge in [0.05, 0.1) is 11.0 Å². The predicted molar refractivity (Wildman–Crippen MR) is 58.8 cm³/mol. The highest BCUT2D eigenvalue weighted by molar-refractivity contribution is 5.78. The third-order valence-corrected chi connectivity index (χ3v) is 2.51. The van der Waals surface area contributed by atoms with Crippen molar-refractivity contribution in [2.45, 2.75) is 0 Å². The van der Waals surface area contributed by atoms with Crippen molar-refractivity contribution in [2.24, 2.45) is 14.1 Å². The van der Waals surface area contributed by atoms with E-state index in [2.05, 4.69) is 0 Å². The van der Waals surface area contributed by atoms with Gasteiger partial charge in [0.2, 0.25) is 0 Å². The summed E-state index contributed by atoms with van der Waals surface area (Å²) < 4.78 is 2.64. The molecule has 0 amide bonds. The van der Waals surface area contributed by atoms with Gasteiger partial charge in [0.1, 0.15) is 0 Å². The van der Waals surface area contributed by atoms with Crippen LogP contribution in [0.15, 0.2) is 27.8 Å². The van der Waals surface area contributed by atoms with Crippen molar-refractivity contribution >= 4 is 16.7 Å². The lowest BCUT2D eigenvalue weighted by Crippen LogP contribution is -2.39. The van der Waals surface area contributed by atoms with Crippen LogP contribution in [0.5, 0.6) is 0 Å². The number of aromatic nitrogens is 2. The Morgan fingerprint density at radius 3 is 2.13 bits per heavy atom. The fourth-order valence-corrected chi connectivity index (χ4v) is 1.60. The molecular weight excluding hydrogens is 194 g/mol. The maximum absolute atomic E-state index is 11.5. The van der Waals surface area contributed by atoms with E-state index in [0.29, 0.717) is 16.7 Å². The molecule has 78 valence electrons. The van der Waals surface area contributed by atoms with E-state index in [0.717, 1.165) is 0 Å². The summed E-state index contributed by atoms with van der Waals surface area (Å²) in [4.78, 5) is 23.0. The second kappa shape index (κ2) is 2.98. The zero-order valence-corrected chi connectivity index (χ0v) is 8.52. The largest absolute Gasteiger partial charge is 0.399 e. The fourth-order valence-electron chi connectivity index (χ4n) is 1.60. The van der Waals surface area contributed by atoms with E-state index >= 15 is 0 Å². The molecule has 2 N–H and O–H groups in total. The molecule has 0 saturated carbocycles. The van der Waals surface area contributed by atoms with Gasteiger partial charge in [0.15, 0.2) is 0 Å². The number of fused-ring (bicyclic) bond motifs is 1. The van der Waals surface area contributed by atoms with Crippen molar-refractivity contribution in [2.75, 3.05) is 5.73 Å². The van der Waals surface area contributed by atoms with E-state index < -0.39 is 11.1 Å². The standard InChI is InChI=1S/C10H11N3O2/c1-12-7-4-3-6(11)5-8(7)13(2)10(15)9(12)14/h3-5H,11H2,1-2H3. The van der Waals surface area contributed by atoms with Gasteiger partial charge in [-0.2, -0.15) is 0 Å². The molecule has 15 heavy (non-hydrogen) atoms. The molecule has 2 aromatic rings. The molecule has 0 unspecified atom stereocenters. The minimum Gasteiger partial charge on any atom is -0.399 e. The molecule has 0 aliphatic heterocycles. The Bertz CT molecular complexity index is 652. The van der Waals surface area contributed by atoms with Gasteiger partial charge in [-0.25, -0.2) is 0 Å². The van der Waals surface area contributed by atoms with Crippen molar-refractivity contribution in [1.82, 2.24) is 9.13 Å². The van der Waals surface area contributed by atoms with Crippen LogP contribution >= 0.6 is 0 Å². The van der Waals surface area contributed by atoms with Gasteiger partial charge in [0, 0.05) is 19.8 Å². The van der Waals surface area contributed by atoms with Gasteiger partial charge in [0.25, 0.3) is 0 Å². The second-order valence-electron chi connectivity index (χ2n) is 3.48. The summed E-state index contributed by atoms with van der Waals surface area (Å²) in [6, 6.07) is 5.11. The molecule has 2 rings (SSSR count). The average Bonchev–Trinajstić information content (AvgIpc) is 2.23. The van der Waals surface area contributed by atoms with Gasteiger partial charge in [-0.3, -0.25) is 9.59 Å². The Balaban J connectivity index is 3.15. The van der Waals surface area contributed by atoms with E-state index in [9.17, 15) is 9.59 Å². The summed E-state index contributed by atoms with van der Waals surface area (Å²) in [7, 11) is 3.13. The number of benzene rings is 1. The molecule has 0 bridgehead atoms. The zero-order valence-electron chi connectivity index (χ0n) is 8.52. The van der Waals surface area contributed by atoms with Gasteiger partial charge in [-0.05, 0) is 18.2 Å². The van der Waals surface area contributed by atoms with Crippen LogP contribution in [-0.4, -0.2) is 9.13 Å². The van der Waals surface area contributed by atoms with Crippen LogP contribution in [0.4, 0.5) is 5.69 Å². The monoisotopic (exact) mass is 205 g/mol. The van der Waals surface area contributed by atoms with E-state index in [1.165, 1.54) is 9.13 Å². The van der Waals surface area contributed by atoms with Crippen LogP contribution in [0, 0.1) is 0 Å². The third-order valence-electron chi connectivity index (χ3n) is 2.51. The molecule has 0 fully saturated rings. The second-order valence-corrected chi connectivity index (χ2v) is 3.48. The number of rotatable bonds is 0. The van der Waals surface area contributed by atoms with Crippen molar-refractivity contribution in [3.8, 4) is 0 Å². The summed E-state index contributed by atoms with van der Waals surface area (Å²) in [6.07, 6.45) is 0. The molecule has 0 radical (unpaired) electrons. The number of anilines is 1. The molecule has 0 saturated heterocycles. The predicted octanol–water partition coefficient (Wildman–Crippen LogP) is -0.181. The molecule has 5 heteroatoms. The maximum Gasteiger partial charge on any atom is 0.316 e. The first-order chi connectivity index (χ1) is 7.02.